The fourth-order valence-electron chi connectivity index (χ4n) is 2.78. The molecule has 0 heterocycles. The van der Waals surface area contributed by atoms with Gasteiger partial charge in [0.25, 0.3) is 0 Å². The normalized spacial score (nSPS) is 13.7. The second-order valence-corrected chi connectivity index (χ2v) is 6.57. The first-order valence-electron chi connectivity index (χ1n) is 8.59. The lowest BCUT2D eigenvalue weighted by atomic mass is 9.92. The Balaban J connectivity index is 2.35. The molecule has 2 heteroatoms. The zero-order valence-corrected chi connectivity index (χ0v) is 14.6. The van der Waals surface area contributed by atoms with Crippen LogP contribution < -0.4 is 0 Å². The number of phenols is 2. The lowest BCUT2D eigenvalue weighted by Crippen LogP contribution is -1.98. The molecule has 2 atom stereocenters. The summed E-state index contributed by atoms with van der Waals surface area (Å²) in [6, 6.07) is 11.7. The summed E-state index contributed by atoms with van der Waals surface area (Å²) in [7, 11) is 0. The topological polar surface area (TPSA) is 40.5 Å². The summed E-state index contributed by atoms with van der Waals surface area (Å²) in [6.45, 7) is 8.71. The molecule has 0 saturated heterocycles. The van der Waals surface area contributed by atoms with E-state index in [0.717, 1.165) is 24.0 Å². The SMILES string of the molecule is CCC(C)c1ccc(O)c(Cc2cc(C(C)CC)ccc2O)c1. The highest BCUT2D eigenvalue weighted by Gasteiger charge is 2.12. The second kappa shape index (κ2) is 7.54. The van der Waals surface area contributed by atoms with Crippen LogP contribution in [0.25, 0.3) is 0 Å². The van der Waals surface area contributed by atoms with E-state index in [9.17, 15) is 10.2 Å². The molecule has 0 aliphatic heterocycles. The van der Waals surface area contributed by atoms with E-state index in [2.05, 4.69) is 39.8 Å². The average molecular weight is 312 g/mol. The van der Waals surface area contributed by atoms with Gasteiger partial charge in [0.05, 0.1) is 0 Å². The Labute approximate surface area is 139 Å². The monoisotopic (exact) mass is 312 g/mol. The van der Waals surface area contributed by atoms with E-state index in [1.54, 1.807) is 12.1 Å². The summed E-state index contributed by atoms with van der Waals surface area (Å²) in [4.78, 5) is 0. The number of rotatable bonds is 6. The van der Waals surface area contributed by atoms with Crippen LogP contribution in [0.1, 0.15) is 74.6 Å². The van der Waals surface area contributed by atoms with Crippen molar-refractivity contribution in [3.05, 3.63) is 58.7 Å². The first kappa shape index (κ1) is 17.4. The van der Waals surface area contributed by atoms with Crippen molar-refractivity contribution in [2.24, 2.45) is 0 Å². The molecule has 0 radical (unpaired) electrons. The molecule has 0 saturated carbocycles. The van der Waals surface area contributed by atoms with Gasteiger partial charge in [-0.25, -0.2) is 0 Å². The van der Waals surface area contributed by atoms with Crippen LogP contribution in [0.2, 0.25) is 0 Å². The number of phenolic OH excluding ortho intramolecular Hbond substituents is 2. The lowest BCUT2D eigenvalue weighted by Gasteiger charge is -2.15. The predicted octanol–water partition coefficient (Wildman–Crippen LogP) is 5.72. The van der Waals surface area contributed by atoms with Gasteiger partial charge in [-0.3, -0.25) is 0 Å². The van der Waals surface area contributed by atoms with Crippen LogP contribution in [0.15, 0.2) is 36.4 Å². The van der Waals surface area contributed by atoms with E-state index in [-0.39, 0.29) is 0 Å². The van der Waals surface area contributed by atoms with E-state index in [1.807, 2.05) is 12.1 Å². The Morgan fingerprint density at radius 2 is 1.13 bits per heavy atom. The minimum Gasteiger partial charge on any atom is -0.508 e. The van der Waals surface area contributed by atoms with Crippen molar-refractivity contribution >= 4 is 0 Å². The largest absolute Gasteiger partial charge is 0.508 e. The van der Waals surface area contributed by atoms with Crippen LogP contribution in [-0.4, -0.2) is 10.2 Å². The first-order chi connectivity index (χ1) is 11.0. The van der Waals surface area contributed by atoms with Gasteiger partial charge in [-0.15, -0.1) is 0 Å². The van der Waals surface area contributed by atoms with Crippen molar-refractivity contribution < 1.29 is 10.2 Å². The summed E-state index contributed by atoms with van der Waals surface area (Å²) >= 11 is 0. The predicted molar refractivity (Wildman–Crippen MR) is 96.4 cm³/mol. The molecular weight excluding hydrogens is 284 g/mol. The molecule has 2 aromatic rings. The van der Waals surface area contributed by atoms with Gasteiger partial charge in [0.2, 0.25) is 0 Å². The third-order valence-electron chi connectivity index (χ3n) is 4.95. The third kappa shape index (κ3) is 4.07. The standard InChI is InChI=1S/C21H28O2/c1-5-14(3)16-7-9-20(22)18(11-16)13-19-12-17(15(4)6-2)8-10-21(19)23/h7-12,14-15,22-23H,5-6,13H2,1-4H3. The molecule has 0 aliphatic rings. The molecule has 0 aliphatic carbocycles. The maximum absolute atomic E-state index is 10.2. The van der Waals surface area contributed by atoms with Gasteiger partial charge in [-0.2, -0.15) is 0 Å². The number of hydrogen-bond donors (Lipinski definition) is 2. The Bertz CT molecular complexity index is 603. The first-order valence-corrected chi connectivity index (χ1v) is 8.59. The van der Waals surface area contributed by atoms with Crippen molar-refractivity contribution in [3.8, 4) is 11.5 Å². The van der Waals surface area contributed by atoms with Crippen LogP contribution in [-0.2, 0) is 6.42 Å². The highest BCUT2D eigenvalue weighted by atomic mass is 16.3. The minimum absolute atomic E-state index is 0.297. The number of benzene rings is 2. The van der Waals surface area contributed by atoms with Crippen molar-refractivity contribution in [2.75, 3.05) is 0 Å². The van der Waals surface area contributed by atoms with Gasteiger partial charge >= 0.3 is 0 Å². The number of hydrogen-bond acceptors (Lipinski definition) is 2. The van der Waals surface area contributed by atoms with Crippen LogP contribution in [0.5, 0.6) is 11.5 Å². The molecule has 124 valence electrons. The fraction of sp³-hybridized carbons (Fsp3) is 0.429. The lowest BCUT2D eigenvalue weighted by molar-refractivity contribution is 0.462. The van der Waals surface area contributed by atoms with Gasteiger partial charge in [0, 0.05) is 6.42 Å². The van der Waals surface area contributed by atoms with Crippen LogP contribution in [0.4, 0.5) is 0 Å². The summed E-state index contributed by atoms with van der Waals surface area (Å²) in [5.74, 6) is 1.53. The Hall–Kier alpha value is -1.96. The zero-order chi connectivity index (χ0) is 17.0. The van der Waals surface area contributed by atoms with E-state index >= 15 is 0 Å². The quantitative estimate of drug-likeness (QED) is 0.716. The van der Waals surface area contributed by atoms with Crippen molar-refractivity contribution in [1.29, 1.82) is 0 Å². The molecule has 2 unspecified atom stereocenters. The van der Waals surface area contributed by atoms with Crippen molar-refractivity contribution in [3.63, 3.8) is 0 Å². The van der Waals surface area contributed by atoms with E-state index in [1.165, 1.54) is 11.1 Å². The molecular formula is C21H28O2. The average Bonchev–Trinajstić information content (AvgIpc) is 2.57. The van der Waals surface area contributed by atoms with E-state index < -0.39 is 0 Å². The third-order valence-corrected chi connectivity index (χ3v) is 4.95. The molecule has 2 nitrogen and oxygen atoms in total. The van der Waals surface area contributed by atoms with Crippen molar-refractivity contribution in [2.45, 2.75) is 58.8 Å². The van der Waals surface area contributed by atoms with Gasteiger partial charge in [-0.1, -0.05) is 52.0 Å². The molecule has 2 N–H and O–H groups in total. The molecule has 0 amide bonds. The van der Waals surface area contributed by atoms with E-state index in [4.69, 9.17) is 0 Å². The van der Waals surface area contributed by atoms with Crippen LogP contribution in [0.3, 0.4) is 0 Å². The van der Waals surface area contributed by atoms with Gasteiger partial charge in [0.1, 0.15) is 11.5 Å². The van der Waals surface area contributed by atoms with E-state index in [0.29, 0.717) is 29.8 Å². The molecule has 2 rings (SSSR count). The minimum atomic E-state index is 0.297. The molecule has 0 aromatic heterocycles. The molecule has 2 aromatic carbocycles. The summed E-state index contributed by atoms with van der Waals surface area (Å²) in [6.07, 6.45) is 2.68. The van der Waals surface area contributed by atoms with Crippen LogP contribution in [0, 0.1) is 0 Å². The summed E-state index contributed by atoms with van der Waals surface area (Å²) < 4.78 is 0. The molecule has 0 spiro atoms. The van der Waals surface area contributed by atoms with Gasteiger partial charge in [-0.05, 0) is 59.1 Å². The molecule has 23 heavy (non-hydrogen) atoms. The second-order valence-electron chi connectivity index (χ2n) is 6.57. The summed E-state index contributed by atoms with van der Waals surface area (Å²) in [5.41, 5.74) is 4.22. The van der Waals surface area contributed by atoms with Gasteiger partial charge < -0.3 is 10.2 Å². The van der Waals surface area contributed by atoms with Gasteiger partial charge in [0.15, 0.2) is 0 Å². The zero-order valence-electron chi connectivity index (χ0n) is 14.6. The summed E-state index contributed by atoms with van der Waals surface area (Å²) in [5, 5.41) is 20.4. The maximum atomic E-state index is 10.2. The maximum Gasteiger partial charge on any atom is 0.119 e. The van der Waals surface area contributed by atoms with Crippen LogP contribution >= 0.6 is 0 Å². The highest BCUT2D eigenvalue weighted by molar-refractivity contribution is 5.45. The van der Waals surface area contributed by atoms with Crippen molar-refractivity contribution in [1.82, 2.24) is 0 Å². The number of aromatic hydroxyl groups is 2. The molecule has 0 fully saturated rings. The fourth-order valence-corrected chi connectivity index (χ4v) is 2.78. The smallest absolute Gasteiger partial charge is 0.119 e. The highest BCUT2D eigenvalue weighted by Crippen LogP contribution is 2.31. The molecule has 0 bridgehead atoms. The Kier molecular flexibility index (Phi) is 5.70. The Morgan fingerprint density at radius 3 is 1.48 bits per heavy atom. The Morgan fingerprint density at radius 1 is 0.739 bits per heavy atom.